The number of rotatable bonds is 4. The molecule has 0 bridgehead atoms. The molecule has 1 unspecified atom stereocenters. The molecular weight excluding hydrogens is 214 g/mol. The standard InChI is InChI=1S/C14H19NO2/c1-10-4-3-5-12(8-10)14(9-15,11-6-7-11)13(16)17-2/h3-5,8,11H,6-7,9,15H2,1-2H3. The number of aryl methyl sites for hydroxylation is 1. The Balaban J connectivity index is 2.49. The number of esters is 1. The number of hydrogen-bond acceptors (Lipinski definition) is 3. The Kier molecular flexibility index (Phi) is 3.20. The zero-order chi connectivity index (χ0) is 12.5. The van der Waals surface area contributed by atoms with E-state index in [4.69, 9.17) is 10.5 Å². The van der Waals surface area contributed by atoms with Crippen molar-refractivity contribution in [1.82, 2.24) is 0 Å². The summed E-state index contributed by atoms with van der Waals surface area (Å²) in [5.74, 6) is 0.134. The highest BCUT2D eigenvalue weighted by atomic mass is 16.5. The molecule has 0 radical (unpaired) electrons. The van der Waals surface area contributed by atoms with E-state index in [0.29, 0.717) is 12.5 Å². The average molecular weight is 233 g/mol. The van der Waals surface area contributed by atoms with E-state index in [2.05, 4.69) is 0 Å². The maximum absolute atomic E-state index is 12.2. The molecule has 17 heavy (non-hydrogen) atoms. The molecule has 0 amide bonds. The summed E-state index contributed by atoms with van der Waals surface area (Å²) in [5.41, 5.74) is 7.41. The highest BCUT2D eigenvalue weighted by molar-refractivity contribution is 5.84. The minimum Gasteiger partial charge on any atom is -0.468 e. The summed E-state index contributed by atoms with van der Waals surface area (Å²) < 4.78 is 4.98. The third-order valence-corrected chi connectivity index (χ3v) is 3.68. The zero-order valence-corrected chi connectivity index (χ0v) is 10.4. The lowest BCUT2D eigenvalue weighted by molar-refractivity contribution is -0.148. The second kappa shape index (κ2) is 4.49. The van der Waals surface area contributed by atoms with E-state index >= 15 is 0 Å². The number of carbonyl (C=O) groups is 1. The van der Waals surface area contributed by atoms with Crippen LogP contribution >= 0.6 is 0 Å². The van der Waals surface area contributed by atoms with Crippen LogP contribution in [0.2, 0.25) is 0 Å². The highest BCUT2D eigenvalue weighted by Crippen LogP contribution is 2.47. The summed E-state index contributed by atoms with van der Waals surface area (Å²) in [6, 6.07) is 8.02. The van der Waals surface area contributed by atoms with Gasteiger partial charge in [-0.2, -0.15) is 0 Å². The Morgan fingerprint density at radius 3 is 2.71 bits per heavy atom. The van der Waals surface area contributed by atoms with Gasteiger partial charge in [-0.15, -0.1) is 0 Å². The molecule has 92 valence electrons. The fraction of sp³-hybridized carbons (Fsp3) is 0.500. The van der Waals surface area contributed by atoms with Crippen LogP contribution in [0.25, 0.3) is 0 Å². The van der Waals surface area contributed by atoms with Crippen molar-refractivity contribution in [2.75, 3.05) is 13.7 Å². The Bertz CT molecular complexity index is 426. The van der Waals surface area contributed by atoms with Crippen LogP contribution in [0.1, 0.15) is 24.0 Å². The van der Waals surface area contributed by atoms with E-state index in [1.165, 1.54) is 7.11 Å². The molecule has 1 atom stereocenters. The predicted octanol–water partition coefficient (Wildman–Crippen LogP) is 1.77. The first-order valence-corrected chi connectivity index (χ1v) is 6.00. The molecule has 1 fully saturated rings. The third kappa shape index (κ3) is 1.95. The number of hydrogen-bond donors (Lipinski definition) is 1. The molecule has 1 aliphatic carbocycles. The summed E-state index contributed by atoms with van der Waals surface area (Å²) in [7, 11) is 1.44. The van der Waals surface area contributed by atoms with Gasteiger partial charge in [-0.25, -0.2) is 0 Å². The van der Waals surface area contributed by atoms with Crippen molar-refractivity contribution in [3.05, 3.63) is 35.4 Å². The molecule has 3 heteroatoms. The van der Waals surface area contributed by atoms with Gasteiger partial charge in [0.25, 0.3) is 0 Å². The van der Waals surface area contributed by atoms with Crippen LogP contribution in [0, 0.1) is 12.8 Å². The van der Waals surface area contributed by atoms with Crippen molar-refractivity contribution in [1.29, 1.82) is 0 Å². The molecule has 0 aromatic heterocycles. The molecule has 1 saturated carbocycles. The fourth-order valence-corrected chi connectivity index (χ4v) is 2.57. The van der Waals surface area contributed by atoms with Crippen LogP contribution in [-0.4, -0.2) is 19.6 Å². The smallest absolute Gasteiger partial charge is 0.317 e. The van der Waals surface area contributed by atoms with E-state index < -0.39 is 5.41 Å². The van der Waals surface area contributed by atoms with Crippen LogP contribution in [-0.2, 0) is 14.9 Å². The van der Waals surface area contributed by atoms with Gasteiger partial charge < -0.3 is 10.5 Å². The molecule has 2 rings (SSSR count). The van der Waals surface area contributed by atoms with Crippen LogP contribution < -0.4 is 5.73 Å². The Labute approximate surface area is 102 Å². The average Bonchev–Trinajstić information content (AvgIpc) is 3.15. The van der Waals surface area contributed by atoms with Gasteiger partial charge in [-0.1, -0.05) is 29.8 Å². The highest BCUT2D eigenvalue weighted by Gasteiger charge is 2.52. The van der Waals surface area contributed by atoms with Crippen LogP contribution in [0.5, 0.6) is 0 Å². The van der Waals surface area contributed by atoms with Gasteiger partial charge in [-0.3, -0.25) is 4.79 Å². The Morgan fingerprint density at radius 2 is 2.24 bits per heavy atom. The number of carbonyl (C=O) groups excluding carboxylic acids is 1. The second-order valence-corrected chi connectivity index (χ2v) is 4.81. The number of methoxy groups -OCH3 is 1. The summed E-state index contributed by atoms with van der Waals surface area (Å²) >= 11 is 0. The van der Waals surface area contributed by atoms with Crippen LogP contribution in [0.4, 0.5) is 0 Å². The molecule has 0 heterocycles. The molecule has 0 saturated heterocycles. The van der Waals surface area contributed by atoms with Gasteiger partial charge in [0.2, 0.25) is 0 Å². The van der Waals surface area contributed by atoms with Crippen molar-refractivity contribution >= 4 is 5.97 Å². The number of benzene rings is 1. The summed E-state index contributed by atoms with van der Waals surface area (Å²) in [6.45, 7) is 2.34. The van der Waals surface area contributed by atoms with Crippen molar-refractivity contribution < 1.29 is 9.53 Å². The summed E-state index contributed by atoms with van der Waals surface area (Å²) in [5, 5.41) is 0. The lowest BCUT2D eigenvalue weighted by atomic mass is 9.75. The number of ether oxygens (including phenoxy) is 1. The molecule has 1 aromatic carbocycles. The quantitative estimate of drug-likeness (QED) is 0.806. The maximum Gasteiger partial charge on any atom is 0.317 e. The second-order valence-electron chi connectivity index (χ2n) is 4.81. The molecule has 1 aromatic rings. The van der Waals surface area contributed by atoms with E-state index in [9.17, 15) is 4.79 Å². The summed E-state index contributed by atoms with van der Waals surface area (Å²) in [4.78, 5) is 12.2. The molecule has 2 N–H and O–H groups in total. The van der Waals surface area contributed by atoms with Gasteiger partial charge in [0, 0.05) is 6.54 Å². The first-order chi connectivity index (χ1) is 8.15. The molecular formula is C14H19NO2. The van der Waals surface area contributed by atoms with Crippen molar-refractivity contribution in [2.45, 2.75) is 25.2 Å². The lowest BCUT2D eigenvalue weighted by Gasteiger charge is -2.30. The van der Waals surface area contributed by atoms with Gasteiger partial charge in [0.1, 0.15) is 5.41 Å². The molecule has 1 aliphatic rings. The Hall–Kier alpha value is -1.35. The lowest BCUT2D eigenvalue weighted by Crippen LogP contribution is -2.45. The molecule has 0 spiro atoms. The molecule has 3 nitrogen and oxygen atoms in total. The van der Waals surface area contributed by atoms with Crippen LogP contribution in [0.15, 0.2) is 24.3 Å². The first-order valence-electron chi connectivity index (χ1n) is 6.00. The summed E-state index contributed by atoms with van der Waals surface area (Å²) in [6.07, 6.45) is 2.11. The maximum atomic E-state index is 12.2. The van der Waals surface area contributed by atoms with Crippen molar-refractivity contribution in [3.8, 4) is 0 Å². The van der Waals surface area contributed by atoms with Gasteiger partial charge in [-0.05, 0) is 31.2 Å². The normalized spacial score (nSPS) is 18.5. The van der Waals surface area contributed by atoms with Gasteiger partial charge >= 0.3 is 5.97 Å². The fourth-order valence-electron chi connectivity index (χ4n) is 2.57. The predicted molar refractivity (Wildman–Crippen MR) is 66.7 cm³/mol. The van der Waals surface area contributed by atoms with Crippen molar-refractivity contribution in [3.63, 3.8) is 0 Å². The van der Waals surface area contributed by atoms with Crippen molar-refractivity contribution in [2.24, 2.45) is 11.7 Å². The zero-order valence-electron chi connectivity index (χ0n) is 10.4. The van der Waals surface area contributed by atoms with Crippen LogP contribution in [0.3, 0.4) is 0 Å². The van der Waals surface area contributed by atoms with E-state index in [1.54, 1.807) is 0 Å². The monoisotopic (exact) mass is 233 g/mol. The van der Waals surface area contributed by atoms with E-state index in [1.807, 2.05) is 31.2 Å². The largest absolute Gasteiger partial charge is 0.468 e. The minimum absolute atomic E-state index is 0.201. The Morgan fingerprint density at radius 1 is 1.53 bits per heavy atom. The topological polar surface area (TPSA) is 52.3 Å². The van der Waals surface area contributed by atoms with E-state index in [0.717, 1.165) is 24.0 Å². The van der Waals surface area contributed by atoms with Gasteiger partial charge in [0.15, 0.2) is 0 Å². The third-order valence-electron chi connectivity index (χ3n) is 3.68. The first kappa shape index (κ1) is 12.1. The SMILES string of the molecule is COC(=O)C(CN)(c1cccc(C)c1)C1CC1. The van der Waals surface area contributed by atoms with Gasteiger partial charge in [0.05, 0.1) is 7.11 Å². The van der Waals surface area contributed by atoms with E-state index in [-0.39, 0.29) is 5.97 Å². The number of nitrogens with two attached hydrogens (primary N) is 1. The minimum atomic E-state index is -0.638. The molecule has 0 aliphatic heterocycles.